The highest BCUT2D eigenvalue weighted by Crippen LogP contribution is 2.13. The van der Waals surface area contributed by atoms with Gasteiger partial charge in [0.25, 0.3) is 0 Å². The van der Waals surface area contributed by atoms with E-state index in [1.165, 1.54) is 11.3 Å². The summed E-state index contributed by atoms with van der Waals surface area (Å²) >= 11 is 1.44. The highest BCUT2D eigenvalue weighted by molar-refractivity contribution is 7.09. The van der Waals surface area contributed by atoms with Crippen LogP contribution in [0, 0.1) is 5.92 Å². The Bertz CT molecular complexity index is 606. The maximum atomic E-state index is 11.9. The fourth-order valence-electron chi connectivity index (χ4n) is 1.51. The van der Waals surface area contributed by atoms with E-state index in [1.54, 1.807) is 36.0 Å². The molecular formula is C15H16N2O3S. The number of esters is 1. The summed E-state index contributed by atoms with van der Waals surface area (Å²) in [5, 5.41) is 2.76. The average molecular weight is 304 g/mol. The molecule has 1 amide bonds. The van der Waals surface area contributed by atoms with Gasteiger partial charge in [-0.1, -0.05) is 13.8 Å². The second kappa shape index (κ2) is 6.99. The Morgan fingerprint density at radius 1 is 1.29 bits per heavy atom. The van der Waals surface area contributed by atoms with E-state index in [1.807, 2.05) is 13.8 Å². The lowest BCUT2D eigenvalue weighted by Crippen LogP contribution is -2.17. The standard InChI is InChI=1S/C15H16N2O3S/c1-10(2)14(18)17-12-5-3-11(4-6-12)15(19)20-8-13-7-16-9-21-13/h3-7,9-10H,8H2,1-2H3,(H,17,18). The van der Waals surface area contributed by atoms with Gasteiger partial charge in [0, 0.05) is 17.8 Å². The van der Waals surface area contributed by atoms with Gasteiger partial charge in [0.2, 0.25) is 5.91 Å². The molecule has 0 fully saturated rings. The van der Waals surface area contributed by atoms with E-state index < -0.39 is 5.97 Å². The second-order valence-electron chi connectivity index (χ2n) is 4.77. The van der Waals surface area contributed by atoms with Crippen LogP contribution in [0.1, 0.15) is 29.1 Å². The lowest BCUT2D eigenvalue weighted by molar-refractivity contribution is -0.118. The molecule has 0 bridgehead atoms. The van der Waals surface area contributed by atoms with Gasteiger partial charge in [0.15, 0.2) is 0 Å². The van der Waals surface area contributed by atoms with Crippen LogP contribution < -0.4 is 5.32 Å². The number of anilines is 1. The van der Waals surface area contributed by atoms with Gasteiger partial charge in [0.1, 0.15) is 6.61 Å². The Labute approximate surface area is 127 Å². The zero-order valence-electron chi connectivity index (χ0n) is 11.8. The number of rotatable bonds is 5. The summed E-state index contributed by atoms with van der Waals surface area (Å²) in [6.07, 6.45) is 1.67. The van der Waals surface area contributed by atoms with Gasteiger partial charge in [-0.15, -0.1) is 11.3 Å². The Morgan fingerprint density at radius 3 is 2.57 bits per heavy atom. The molecule has 1 aromatic carbocycles. The van der Waals surface area contributed by atoms with Crippen molar-refractivity contribution in [2.45, 2.75) is 20.5 Å². The molecule has 6 heteroatoms. The van der Waals surface area contributed by atoms with Gasteiger partial charge in [-0.3, -0.25) is 9.78 Å². The first kappa shape index (κ1) is 15.2. The van der Waals surface area contributed by atoms with Crippen LogP contribution in [0.25, 0.3) is 0 Å². The van der Waals surface area contributed by atoms with Gasteiger partial charge < -0.3 is 10.1 Å². The van der Waals surface area contributed by atoms with Gasteiger partial charge in [-0.2, -0.15) is 0 Å². The number of hydrogen-bond donors (Lipinski definition) is 1. The fraction of sp³-hybridized carbons (Fsp3) is 0.267. The van der Waals surface area contributed by atoms with Crippen LogP contribution >= 0.6 is 11.3 Å². The van der Waals surface area contributed by atoms with Gasteiger partial charge in [0.05, 0.1) is 16.0 Å². The van der Waals surface area contributed by atoms with Crippen LogP contribution in [-0.2, 0) is 16.1 Å². The number of amides is 1. The maximum Gasteiger partial charge on any atom is 0.338 e. The molecule has 0 aliphatic rings. The van der Waals surface area contributed by atoms with Crippen molar-refractivity contribution in [1.82, 2.24) is 4.98 Å². The Balaban J connectivity index is 1.92. The van der Waals surface area contributed by atoms with Crippen LogP contribution in [-0.4, -0.2) is 16.9 Å². The van der Waals surface area contributed by atoms with Crippen LogP contribution in [0.5, 0.6) is 0 Å². The third kappa shape index (κ3) is 4.39. The SMILES string of the molecule is CC(C)C(=O)Nc1ccc(C(=O)OCc2cncs2)cc1. The number of hydrogen-bond acceptors (Lipinski definition) is 5. The van der Waals surface area contributed by atoms with Crippen molar-refractivity contribution in [2.24, 2.45) is 5.92 Å². The monoisotopic (exact) mass is 304 g/mol. The molecule has 0 aliphatic carbocycles. The van der Waals surface area contributed by atoms with Gasteiger partial charge in [-0.25, -0.2) is 4.79 Å². The Hall–Kier alpha value is -2.21. The highest BCUT2D eigenvalue weighted by Gasteiger charge is 2.10. The second-order valence-corrected chi connectivity index (χ2v) is 5.74. The summed E-state index contributed by atoms with van der Waals surface area (Å²) < 4.78 is 5.18. The van der Waals surface area contributed by atoms with E-state index in [4.69, 9.17) is 4.74 Å². The van der Waals surface area contributed by atoms with Crippen molar-refractivity contribution in [3.63, 3.8) is 0 Å². The number of ether oxygens (including phenoxy) is 1. The maximum absolute atomic E-state index is 11.9. The van der Waals surface area contributed by atoms with E-state index in [0.29, 0.717) is 11.3 Å². The van der Waals surface area contributed by atoms with E-state index in [-0.39, 0.29) is 18.4 Å². The lowest BCUT2D eigenvalue weighted by atomic mass is 10.2. The largest absolute Gasteiger partial charge is 0.456 e. The summed E-state index contributed by atoms with van der Waals surface area (Å²) in [6, 6.07) is 6.63. The Morgan fingerprint density at radius 2 is 2.00 bits per heavy atom. The normalized spacial score (nSPS) is 10.4. The van der Waals surface area contributed by atoms with E-state index in [2.05, 4.69) is 10.3 Å². The number of benzene rings is 1. The molecule has 1 N–H and O–H groups in total. The Kier molecular flexibility index (Phi) is 5.05. The van der Waals surface area contributed by atoms with Crippen molar-refractivity contribution in [1.29, 1.82) is 0 Å². The molecule has 0 unspecified atom stereocenters. The molecule has 110 valence electrons. The predicted octanol–water partition coefficient (Wildman–Crippen LogP) is 3.09. The van der Waals surface area contributed by atoms with Crippen LogP contribution in [0.4, 0.5) is 5.69 Å². The molecule has 2 aromatic rings. The zero-order valence-corrected chi connectivity index (χ0v) is 12.6. The first-order valence-corrected chi connectivity index (χ1v) is 7.39. The lowest BCUT2D eigenvalue weighted by Gasteiger charge is -2.08. The van der Waals surface area contributed by atoms with Crippen molar-refractivity contribution in [3.8, 4) is 0 Å². The van der Waals surface area contributed by atoms with Crippen molar-refractivity contribution in [3.05, 3.63) is 46.4 Å². The molecule has 0 atom stereocenters. The van der Waals surface area contributed by atoms with E-state index in [0.717, 1.165) is 4.88 Å². The number of nitrogens with zero attached hydrogens (tertiary/aromatic N) is 1. The molecule has 0 saturated heterocycles. The predicted molar refractivity (Wildman–Crippen MR) is 81.1 cm³/mol. The van der Waals surface area contributed by atoms with Gasteiger partial charge in [-0.05, 0) is 24.3 Å². The minimum absolute atomic E-state index is 0.0597. The minimum Gasteiger partial charge on any atom is -0.456 e. The fourth-order valence-corrected chi connectivity index (χ4v) is 2.02. The molecule has 5 nitrogen and oxygen atoms in total. The van der Waals surface area contributed by atoms with Crippen LogP contribution in [0.3, 0.4) is 0 Å². The summed E-state index contributed by atoms with van der Waals surface area (Å²) in [6.45, 7) is 3.86. The molecule has 0 radical (unpaired) electrons. The summed E-state index contributed by atoms with van der Waals surface area (Å²) in [5.74, 6) is -0.547. The topological polar surface area (TPSA) is 68.3 Å². The average Bonchev–Trinajstić information content (AvgIpc) is 2.98. The third-order valence-electron chi connectivity index (χ3n) is 2.74. The van der Waals surface area contributed by atoms with E-state index >= 15 is 0 Å². The van der Waals surface area contributed by atoms with E-state index in [9.17, 15) is 9.59 Å². The van der Waals surface area contributed by atoms with Crippen LogP contribution in [0.2, 0.25) is 0 Å². The van der Waals surface area contributed by atoms with Crippen molar-refractivity contribution >= 4 is 28.9 Å². The molecule has 2 rings (SSSR count). The zero-order chi connectivity index (χ0) is 15.2. The smallest absolute Gasteiger partial charge is 0.338 e. The molecule has 21 heavy (non-hydrogen) atoms. The molecule has 1 heterocycles. The molecule has 1 aromatic heterocycles. The molecule has 0 saturated carbocycles. The number of nitrogens with one attached hydrogen (secondary N) is 1. The minimum atomic E-state index is -0.398. The van der Waals surface area contributed by atoms with Crippen LogP contribution in [0.15, 0.2) is 36.0 Å². The van der Waals surface area contributed by atoms with Crippen molar-refractivity contribution in [2.75, 3.05) is 5.32 Å². The first-order valence-electron chi connectivity index (χ1n) is 6.51. The van der Waals surface area contributed by atoms with Crippen molar-refractivity contribution < 1.29 is 14.3 Å². The summed E-state index contributed by atoms with van der Waals surface area (Å²) in [4.78, 5) is 28.2. The number of carbonyl (C=O) groups excluding carboxylic acids is 2. The quantitative estimate of drug-likeness (QED) is 0.862. The molecular weight excluding hydrogens is 288 g/mol. The third-order valence-corrected chi connectivity index (χ3v) is 3.49. The highest BCUT2D eigenvalue weighted by atomic mass is 32.1. The summed E-state index contributed by atoms with van der Waals surface area (Å²) in [5.41, 5.74) is 2.80. The van der Waals surface area contributed by atoms with Gasteiger partial charge >= 0.3 is 5.97 Å². The number of aromatic nitrogens is 1. The summed E-state index contributed by atoms with van der Waals surface area (Å²) in [7, 11) is 0. The molecule has 0 aliphatic heterocycles. The first-order chi connectivity index (χ1) is 10.1. The number of carbonyl (C=O) groups is 2. The molecule has 0 spiro atoms. The number of thiazole rings is 1.